The van der Waals surface area contributed by atoms with Gasteiger partial charge in [-0.15, -0.1) is 6.58 Å². The van der Waals surface area contributed by atoms with Crippen LogP contribution in [-0.4, -0.2) is 32.2 Å². The van der Waals surface area contributed by atoms with Gasteiger partial charge in [-0.1, -0.05) is 12.1 Å². The predicted octanol–water partition coefficient (Wildman–Crippen LogP) is 4.67. The lowest BCUT2D eigenvalue weighted by Crippen LogP contribution is -2.13. The van der Waals surface area contributed by atoms with Crippen LogP contribution >= 0.6 is 0 Å². The van der Waals surface area contributed by atoms with Gasteiger partial charge in [-0.05, 0) is 36.8 Å². The van der Waals surface area contributed by atoms with Crippen molar-refractivity contribution in [1.82, 2.24) is 4.98 Å². The zero-order chi connectivity index (χ0) is 22.9. The molecule has 3 rings (SSSR count). The van der Waals surface area contributed by atoms with Gasteiger partial charge in [-0.3, -0.25) is 9.78 Å². The van der Waals surface area contributed by atoms with Gasteiger partial charge in [0.1, 0.15) is 6.61 Å². The lowest BCUT2D eigenvalue weighted by Gasteiger charge is -2.15. The molecule has 0 saturated heterocycles. The highest BCUT2D eigenvalue weighted by molar-refractivity contribution is 6.05. The third-order valence-corrected chi connectivity index (χ3v) is 4.72. The summed E-state index contributed by atoms with van der Waals surface area (Å²) < 4.78 is 22.1. The van der Waals surface area contributed by atoms with E-state index in [1.54, 1.807) is 63.0 Å². The van der Waals surface area contributed by atoms with Crippen LogP contribution in [-0.2, 0) is 13.0 Å². The highest BCUT2D eigenvalue weighted by Crippen LogP contribution is 2.34. The minimum atomic E-state index is -0.292. The Morgan fingerprint density at radius 1 is 1.03 bits per heavy atom. The summed E-state index contributed by atoms with van der Waals surface area (Å²) in [5.74, 6) is 1.84. The summed E-state index contributed by atoms with van der Waals surface area (Å²) in [5.41, 5.74) is 2.73. The molecule has 166 valence electrons. The first-order valence-electron chi connectivity index (χ1n) is 9.96. The van der Waals surface area contributed by atoms with E-state index in [2.05, 4.69) is 16.9 Å². The van der Waals surface area contributed by atoms with Crippen LogP contribution in [0.3, 0.4) is 0 Å². The summed E-state index contributed by atoms with van der Waals surface area (Å²) >= 11 is 0. The van der Waals surface area contributed by atoms with Crippen molar-refractivity contribution in [2.24, 2.45) is 0 Å². The third kappa shape index (κ3) is 5.37. The molecule has 32 heavy (non-hydrogen) atoms. The Morgan fingerprint density at radius 3 is 2.50 bits per heavy atom. The molecule has 0 aliphatic rings. The van der Waals surface area contributed by atoms with Crippen LogP contribution in [0.5, 0.6) is 23.0 Å². The second kappa shape index (κ2) is 10.9. The number of allylic oxidation sites excluding steroid dienone is 1. The number of benzene rings is 2. The van der Waals surface area contributed by atoms with E-state index in [4.69, 9.17) is 18.9 Å². The number of rotatable bonds is 10. The van der Waals surface area contributed by atoms with E-state index in [0.717, 1.165) is 11.1 Å². The Labute approximate surface area is 187 Å². The Bertz CT molecular complexity index is 1080. The number of carbonyl (C=O) groups is 1. The van der Waals surface area contributed by atoms with E-state index in [0.29, 0.717) is 47.3 Å². The molecule has 0 saturated carbocycles. The van der Waals surface area contributed by atoms with Crippen LogP contribution in [0.4, 0.5) is 5.69 Å². The number of pyridine rings is 1. The van der Waals surface area contributed by atoms with Crippen molar-refractivity contribution in [2.75, 3.05) is 26.6 Å². The fourth-order valence-corrected chi connectivity index (χ4v) is 3.20. The summed E-state index contributed by atoms with van der Waals surface area (Å²) in [5, 5.41) is 2.90. The molecule has 0 aliphatic heterocycles. The molecular weight excluding hydrogens is 408 g/mol. The fraction of sp³-hybridized carbons (Fsp3) is 0.200. The van der Waals surface area contributed by atoms with E-state index >= 15 is 0 Å². The Kier molecular flexibility index (Phi) is 7.70. The summed E-state index contributed by atoms with van der Waals surface area (Å²) in [6.07, 6.45) is 5.72. The van der Waals surface area contributed by atoms with Crippen molar-refractivity contribution in [1.29, 1.82) is 0 Å². The highest BCUT2D eigenvalue weighted by atomic mass is 16.5. The average molecular weight is 434 g/mol. The van der Waals surface area contributed by atoms with Crippen LogP contribution in [0, 0.1) is 0 Å². The molecule has 7 nitrogen and oxygen atoms in total. The molecule has 0 radical (unpaired) electrons. The molecule has 0 bridgehead atoms. The van der Waals surface area contributed by atoms with Crippen LogP contribution in [0.15, 0.2) is 67.5 Å². The first kappa shape index (κ1) is 22.7. The number of hydrogen-bond donors (Lipinski definition) is 1. The number of amides is 1. The smallest absolute Gasteiger partial charge is 0.255 e. The van der Waals surface area contributed by atoms with E-state index in [1.165, 1.54) is 7.11 Å². The summed E-state index contributed by atoms with van der Waals surface area (Å²) in [4.78, 5) is 17.1. The summed E-state index contributed by atoms with van der Waals surface area (Å²) in [6.45, 7) is 4.09. The van der Waals surface area contributed by atoms with Gasteiger partial charge in [0.15, 0.2) is 23.0 Å². The number of methoxy groups -OCH3 is 3. The maximum Gasteiger partial charge on any atom is 0.255 e. The molecule has 0 atom stereocenters. The number of aromatic nitrogens is 1. The number of nitrogens with one attached hydrogen (secondary N) is 1. The zero-order valence-corrected chi connectivity index (χ0v) is 18.4. The number of ether oxygens (including phenoxy) is 4. The molecule has 0 unspecified atom stereocenters. The van der Waals surface area contributed by atoms with E-state index in [1.807, 2.05) is 12.1 Å². The van der Waals surface area contributed by atoms with Crippen molar-refractivity contribution in [3.8, 4) is 23.0 Å². The van der Waals surface area contributed by atoms with Crippen molar-refractivity contribution in [2.45, 2.75) is 13.0 Å². The van der Waals surface area contributed by atoms with E-state index in [9.17, 15) is 4.79 Å². The topological polar surface area (TPSA) is 78.9 Å². The molecule has 7 heteroatoms. The van der Waals surface area contributed by atoms with Crippen molar-refractivity contribution in [3.05, 3.63) is 84.2 Å². The normalized spacial score (nSPS) is 10.2. The van der Waals surface area contributed by atoms with Gasteiger partial charge in [-0.2, -0.15) is 0 Å². The molecular formula is C25H26N2O5. The Hall–Kier alpha value is -4.00. The van der Waals surface area contributed by atoms with Gasteiger partial charge in [0.2, 0.25) is 0 Å². The molecule has 0 spiro atoms. The maximum atomic E-state index is 13.0. The first-order chi connectivity index (χ1) is 15.6. The quantitative estimate of drug-likeness (QED) is 0.467. The molecule has 1 N–H and O–H groups in total. The SMILES string of the molecule is C=CCc1cc(C(=O)Nc2ccc(OC)c(OCc3cccnc3)c2)cc(OC)c1OC. The summed E-state index contributed by atoms with van der Waals surface area (Å²) in [7, 11) is 4.66. The van der Waals surface area contributed by atoms with Gasteiger partial charge in [0.05, 0.1) is 21.3 Å². The van der Waals surface area contributed by atoms with Gasteiger partial charge in [0.25, 0.3) is 5.91 Å². The lowest BCUT2D eigenvalue weighted by molar-refractivity contribution is 0.102. The van der Waals surface area contributed by atoms with Crippen molar-refractivity contribution < 1.29 is 23.7 Å². The second-order valence-electron chi connectivity index (χ2n) is 6.83. The molecule has 2 aromatic carbocycles. The number of nitrogens with zero attached hydrogens (tertiary/aromatic N) is 1. The highest BCUT2D eigenvalue weighted by Gasteiger charge is 2.16. The minimum Gasteiger partial charge on any atom is -0.493 e. The predicted molar refractivity (Wildman–Crippen MR) is 123 cm³/mol. The van der Waals surface area contributed by atoms with E-state index < -0.39 is 0 Å². The maximum absolute atomic E-state index is 13.0. The largest absolute Gasteiger partial charge is 0.493 e. The van der Waals surface area contributed by atoms with Crippen LogP contribution in [0.2, 0.25) is 0 Å². The molecule has 1 heterocycles. The second-order valence-corrected chi connectivity index (χ2v) is 6.83. The monoisotopic (exact) mass is 434 g/mol. The Balaban J connectivity index is 1.82. The first-order valence-corrected chi connectivity index (χ1v) is 9.96. The molecule has 0 fully saturated rings. The number of carbonyl (C=O) groups excluding carboxylic acids is 1. The van der Waals surface area contributed by atoms with Crippen molar-refractivity contribution in [3.63, 3.8) is 0 Å². The van der Waals surface area contributed by atoms with E-state index in [-0.39, 0.29) is 5.91 Å². The summed E-state index contributed by atoms with van der Waals surface area (Å²) in [6, 6.07) is 12.4. The average Bonchev–Trinajstić information content (AvgIpc) is 2.83. The number of anilines is 1. The van der Waals surface area contributed by atoms with Crippen molar-refractivity contribution >= 4 is 11.6 Å². The minimum absolute atomic E-state index is 0.292. The zero-order valence-electron chi connectivity index (χ0n) is 18.4. The molecule has 0 aliphatic carbocycles. The molecule has 1 aromatic heterocycles. The molecule has 3 aromatic rings. The van der Waals surface area contributed by atoms with Gasteiger partial charge in [-0.25, -0.2) is 0 Å². The van der Waals surface area contributed by atoms with Crippen LogP contribution < -0.4 is 24.3 Å². The van der Waals surface area contributed by atoms with Crippen LogP contribution in [0.1, 0.15) is 21.5 Å². The van der Waals surface area contributed by atoms with Gasteiger partial charge in [0, 0.05) is 40.8 Å². The standard InChI is InChI=1S/C25H26N2O5/c1-5-7-18-12-19(13-23(30-3)24(18)31-4)25(28)27-20-9-10-21(29-2)22(14-20)32-16-17-8-6-11-26-15-17/h5-6,8-15H,1,7,16H2,2-4H3,(H,27,28). The Morgan fingerprint density at radius 2 is 1.84 bits per heavy atom. The van der Waals surface area contributed by atoms with Crippen LogP contribution in [0.25, 0.3) is 0 Å². The lowest BCUT2D eigenvalue weighted by atomic mass is 10.0. The fourth-order valence-electron chi connectivity index (χ4n) is 3.20. The number of hydrogen-bond acceptors (Lipinski definition) is 6. The van der Waals surface area contributed by atoms with Gasteiger partial charge >= 0.3 is 0 Å². The third-order valence-electron chi connectivity index (χ3n) is 4.72. The van der Waals surface area contributed by atoms with Gasteiger partial charge < -0.3 is 24.3 Å². The molecule has 1 amide bonds.